The van der Waals surface area contributed by atoms with Gasteiger partial charge in [-0.05, 0) is 12.8 Å². The van der Waals surface area contributed by atoms with E-state index in [1.807, 2.05) is 44.2 Å². The molecule has 1 heterocycles. The first-order valence-electron chi connectivity index (χ1n) is 6.97. The van der Waals surface area contributed by atoms with Crippen molar-refractivity contribution in [1.29, 1.82) is 0 Å². The van der Waals surface area contributed by atoms with Crippen LogP contribution >= 0.6 is 0 Å². The van der Waals surface area contributed by atoms with Crippen molar-refractivity contribution in [2.24, 2.45) is 0 Å². The van der Waals surface area contributed by atoms with Crippen LogP contribution in [0.1, 0.15) is 32.6 Å². The molecule has 2 N–H and O–H groups in total. The van der Waals surface area contributed by atoms with E-state index in [0.717, 1.165) is 5.56 Å². The molecule has 1 aromatic heterocycles. The molecule has 0 spiro atoms. The molecule has 0 fully saturated rings. The van der Waals surface area contributed by atoms with Gasteiger partial charge < -0.3 is 9.63 Å². The maximum atomic E-state index is 11.4. The van der Waals surface area contributed by atoms with Crippen molar-refractivity contribution in [2.45, 2.75) is 38.8 Å². The lowest BCUT2D eigenvalue weighted by molar-refractivity contribution is -0.145. The van der Waals surface area contributed by atoms with Crippen LogP contribution in [0.15, 0.2) is 34.9 Å². The fraction of sp³-hybridized carbons (Fsp3) is 0.400. The van der Waals surface area contributed by atoms with Crippen LogP contribution in [0.25, 0.3) is 11.4 Å². The lowest BCUT2D eigenvalue weighted by Crippen LogP contribution is -2.50. The molecule has 2 rings (SSSR count). The van der Waals surface area contributed by atoms with Gasteiger partial charge in [-0.15, -0.1) is 0 Å². The highest BCUT2D eigenvalue weighted by Crippen LogP contribution is 2.18. The van der Waals surface area contributed by atoms with Gasteiger partial charge in [-0.2, -0.15) is 4.98 Å². The van der Waals surface area contributed by atoms with E-state index in [0.29, 0.717) is 24.6 Å². The average molecular weight is 289 g/mol. The highest BCUT2D eigenvalue weighted by atomic mass is 16.5. The zero-order chi connectivity index (χ0) is 15.3. The fourth-order valence-electron chi connectivity index (χ4n) is 2.15. The molecule has 0 amide bonds. The molecule has 0 saturated carbocycles. The number of aromatic nitrogens is 2. The molecule has 0 bridgehead atoms. The molecule has 0 aliphatic carbocycles. The summed E-state index contributed by atoms with van der Waals surface area (Å²) in [4.78, 5) is 15.7. The molecule has 6 nitrogen and oxygen atoms in total. The van der Waals surface area contributed by atoms with Crippen molar-refractivity contribution in [3.8, 4) is 11.4 Å². The van der Waals surface area contributed by atoms with E-state index in [4.69, 9.17) is 4.52 Å². The Hall–Kier alpha value is -2.21. The van der Waals surface area contributed by atoms with Crippen molar-refractivity contribution in [3.63, 3.8) is 0 Å². The number of carboxylic acids is 1. The van der Waals surface area contributed by atoms with Crippen LogP contribution in [0.5, 0.6) is 0 Å². The Kier molecular flexibility index (Phi) is 4.70. The number of aliphatic carboxylic acids is 1. The average Bonchev–Trinajstić information content (AvgIpc) is 2.98. The number of rotatable bonds is 7. The largest absolute Gasteiger partial charge is 0.480 e. The van der Waals surface area contributed by atoms with E-state index >= 15 is 0 Å². The van der Waals surface area contributed by atoms with Gasteiger partial charge in [0.15, 0.2) is 0 Å². The number of carboxylic acid groups (broad SMARTS) is 1. The van der Waals surface area contributed by atoms with Crippen LogP contribution in [-0.4, -0.2) is 26.8 Å². The molecular weight excluding hydrogens is 270 g/mol. The van der Waals surface area contributed by atoms with Gasteiger partial charge in [-0.25, -0.2) is 0 Å². The van der Waals surface area contributed by atoms with Crippen molar-refractivity contribution in [2.75, 3.05) is 0 Å². The number of carbonyl (C=O) groups is 1. The SMILES string of the molecule is CCC(CC)(NCc1nc(-c2ccccc2)no1)C(=O)O. The second-order valence-corrected chi connectivity index (χ2v) is 4.83. The third kappa shape index (κ3) is 3.28. The predicted molar refractivity (Wildman–Crippen MR) is 77.5 cm³/mol. The number of nitrogens with one attached hydrogen (secondary N) is 1. The maximum Gasteiger partial charge on any atom is 0.323 e. The van der Waals surface area contributed by atoms with Crippen molar-refractivity contribution in [1.82, 2.24) is 15.5 Å². The summed E-state index contributed by atoms with van der Waals surface area (Å²) in [6.07, 6.45) is 0.969. The molecule has 0 aliphatic rings. The van der Waals surface area contributed by atoms with Gasteiger partial charge in [0.2, 0.25) is 11.7 Å². The van der Waals surface area contributed by atoms with Crippen LogP contribution in [0, 0.1) is 0 Å². The summed E-state index contributed by atoms with van der Waals surface area (Å²) < 4.78 is 5.17. The smallest absolute Gasteiger partial charge is 0.323 e. The summed E-state index contributed by atoms with van der Waals surface area (Å²) in [5, 5.41) is 16.3. The van der Waals surface area contributed by atoms with E-state index in [2.05, 4.69) is 15.5 Å². The summed E-state index contributed by atoms with van der Waals surface area (Å²) in [6, 6.07) is 9.49. The first-order chi connectivity index (χ1) is 10.1. The van der Waals surface area contributed by atoms with Crippen molar-refractivity contribution >= 4 is 5.97 Å². The first-order valence-corrected chi connectivity index (χ1v) is 6.97. The summed E-state index contributed by atoms with van der Waals surface area (Å²) in [6.45, 7) is 3.91. The minimum atomic E-state index is -0.957. The molecule has 2 aromatic rings. The Balaban J connectivity index is 2.08. The Morgan fingerprint density at radius 1 is 1.29 bits per heavy atom. The Morgan fingerprint density at radius 3 is 2.52 bits per heavy atom. The van der Waals surface area contributed by atoms with Crippen molar-refractivity contribution < 1.29 is 14.4 Å². The third-order valence-corrected chi connectivity index (χ3v) is 3.69. The van der Waals surface area contributed by atoms with Crippen LogP contribution in [0.3, 0.4) is 0 Å². The number of nitrogens with zero attached hydrogens (tertiary/aromatic N) is 2. The van der Waals surface area contributed by atoms with Gasteiger partial charge in [0, 0.05) is 5.56 Å². The highest BCUT2D eigenvalue weighted by molar-refractivity contribution is 5.78. The van der Waals surface area contributed by atoms with Crippen LogP contribution in [-0.2, 0) is 11.3 Å². The predicted octanol–water partition coefficient (Wildman–Crippen LogP) is 2.47. The summed E-state index contributed by atoms with van der Waals surface area (Å²) in [5.41, 5.74) is -0.0931. The number of hydrogen-bond donors (Lipinski definition) is 2. The van der Waals surface area contributed by atoms with E-state index in [1.165, 1.54) is 0 Å². The summed E-state index contributed by atoms with van der Waals surface area (Å²) in [5.74, 6) is 0.0120. The van der Waals surface area contributed by atoms with Crippen LogP contribution < -0.4 is 5.32 Å². The van der Waals surface area contributed by atoms with E-state index in [9.17, 15) is 9.90 Å². The van der Waals surface area contributed by atoms with E-state index in [-0.39, 0.29) is 6.54 Å². The van der Waals surface area contributed by atoms with Gasteiger partial charge in [0.05, 0.1) is 6.54 Å². The monoisotopic (exact) mass is 289 g/mol. The lowest BCUT2D eigenvalue weighted by atomic mass is 9.93. The number of hydrogen-bond acceptors (Lipinski definition) is 5. The molecule has 0 atom stereocenters. The van der Waals surface area contributed by atoms with E-state index in [1.54, 1.807) is 0 Å². The quantitative estimate of drug-likeness (QED) is 0.814. The van der Waals surface area contributed by atoms with Gasteiger partial charge >= 0.3 is 5.97 Å². The molecule has 0 unspecified atom stereocenters. The molecule has 112 valence electrons. The molecule has 6 heteroatoms. The second-order valence-electron chi connectivity index (χ2n) is 4.83. The van der Waals surface area contributed by atoms with Crippen LogP contribution in [0.4, 0.5) is 0 Å². The highest BCUT2D eigenvalue weighted by Gasteiger charge is 2.34. The normalized spacial score (nSPS) is 11.5. The topological polar surface area (TPSA) is 88.3 Å². The zero-order valence-corrected chi connectivity index (χ0v) is 12.2. The van der Waals surface area contributed by atoms with Crippen LogP contribution in [0.2, 0.25) is 0 Å². The summed E-state index contributed by atoms with van der Waals surface area (Å²) >= 11 is 0. The second kappa shape index (κ2) is 6.49. The van der Waals surface area contributed by atoms with Gasteiger partial charge in [0.25, 0.3) is 0 Å². The maximum absolute atomic E-state index is 11.4. The van der Waals surface area contributed by atoms with Gasteiger partial charge in [-0.3, -0.25) is 10.1 Å². The molecule has 21 heavy (non-hydrogen) atoms. The lowest BCUT2D eigenvalue weighted by Gasteiger charge is -2.27. The van der Waals surface area contributed by atoms with Crippen molar-refractivity contribution in [3.05, 3.63) is 36.2 Å². The number of benzene rings is 1. The van der Waals surface area contributed by atoms with Gasteiger partial charge in [0.1, 0.15) is 5.54 Å². The Labute approximate surface area is 123 Å². The standard InChI is InChI=1S/C15H19N3O3/c1-3-15(4-2,14(19)20)16-10-12-17-13(18-21-12)11-8-6-5-7-9-11/h5-9,16H,3-4,10H2,1-2H3,(H,19,20). The van der Waals surface area contributed by atoms with Gasteiger partial charge in [-0.1, -0.05) is 49.3 Å². The third-order valence-electron chi connectivity index (χ3n) is 3.69. The molecule has 0 radical (unpaired) electrons. The minimum absolute atomic E-state index is 0.230. The minimum Gasteiger partial charge on any atom is -0.480 e. The molecular formula is C15H19N3O3. The Morgan fingerprint density at radius 2 is 1.95 bits per heavy atom. The first kappa shape index (κ1) is 15.2. The molecule has 0 aliphatic heterocycles. The zero-order valence-electron chi connectivity index (χ0n) is 12.2. The summed E-state index contributed by atoms with van der Waals surface area (Å²) in [7, 11) is 0. The van der Waals surface area contributed by atoms with E-state index < -0.39 is 11.5 Å². The molecule has 0 saturated heterocycles. The Bertz CT molecular complexity index is 591. The fourth-order valence-corrected chi connectivity index (χ4v) is 2.15. The molecule has 1 aromatic carbocycles.